The summed E-state index contributed by atoms with van der Waals surface area (Å²) in [5, 5.41) is 13.7. The van der Waals surface area contributed by atoms with Gasteiger partial charge >= 0.3 is 5.97 Å². The fourth-order valence-corrected chi connectivity index (χ4v) is 7.78. The molecule has 8 atom stereocenters. The maximum atomic E-state index is 14.6. The molecule has 4 rings (SSSR count). The van der Waals surface area contributed by atoms with Gasteiger partial charge < -0.3 is 29.7 Å². The Hall–Kier alpha value is -2.73. The van der Waals surface area contributed by atoms with Crippen molar-refractivity contribution in [2.75, 3.05) is 24.6 Å². The molecule has 44 heavy (non-hydrogen) atoms. The van der Waals surface area contributed by atoms with E-state index in [2.05, 4.69) is 34.4 Å². The quantitative estimate of drug-likeness (QED) is 0.173. The van der Waals surface area contributed by atoms with Crippen LogP contribution in [0.4, 0.5) is 5.69 Å². The molecule has 3 fully saturated rings. The lowest BCUT2D eigenvalue weighted by molar-refractivity contribution is -0.159. The average Bonchev–Trinajstić information content (AvgIpc) is 3.57. The summed E-state index contributed by atoms with van der Waals surface area (Å²) in [6.45, 7) is 12.7. The number of benzene rings is 1. The number of alkyl halides is 1. The molecule has 1 spiro atoms. The summed E-state index contributed by atoms with van der Waals surface area (Å²) in [5.74, 6) is -3.86. The van der Waals surface area contributed by atoms with Crippen LogP contribution in [0.5, 0.6) is 0 Å². The van der Waals surface area contributed by atoms with Crippen LogP contribution in [0.25, 0.3) is 0 Å². The molecule has 0 radical (unpaired) electrons. The molecular formula is C32H41BrClN3O7. The molecule has 3 aliphatic heterocycles. The number of carbonyl (C=O) groups excluding carboxylic acids is 4. The molecule has 3 heterocycles. The number of fused-ring (bicyclic) bond motifs is 1. The SMILES string of the molecule is C=CCCC(=O)NC[C@H](C)OC(=O)[C@@H]1[C@H]2O[C@@]3(CC2Br)[C@H](C(=O)N(CC=C)c2ccc(Cl)cc2)N([C@@H](CO)C(C)C)C(=O)[C@@H]13. The van der Waals surface area contributed by atoms with E-state index in [0.717, 1.165) is 0 Å². The normalized spacial score (nSPS) is 28.4. The number of nitrogens with zero attached hydrogens (tertiary/aromatic N) is 2. The maximum absolute atomic E-state index is 14.6. The zero-order valence-corrected chi connectivity index (χ0v) is 27.6. The number of aliphatic hydroxyl groups is 1. The minimum atomic E-state index is -1.34. The largest absolute Gasteiger partial charge is 0.460 e. The number of likely N-dealkylation sites (tertiary alicyclic amines) is 1. The third-order valence-electron chi connectivity index (χ3n) is 8.74. The van der Waals surface area contributed by atoms with Crippen molar-refractivity contribution in [1.29, 1.82) is 0 Å². The van der Waals surface area contributed by atoms with Crippen LogP contribution in [-0.2, 0) is 28.7 Å². The van der Waals surface area contributed by atoms with Gasteiger partial charge in [-0.1, -0.05) is 53.5 Å². The second-order valence-corrected chi connectivity index (χ2v) is 13.6. The van der Waals surface area contributed by atoms with Gasteiger partial charge in [0.2, 0.25) is 11.8 Å². The van der Waals surface area contributed by atoms with E-state index in [-0.39, 0.29) is 42.8 Å². The third kappa shape index (κ3) is 6.34. The molecule has 3 amide bonds. The van der Waals surface area contributed by atoms with Crippen LogP contribution in [-0.4, -0.2) is 88.1 Å². The zero-order valence-electron chi connectivity index (χ0n) is 25.3. The third-order valence-corrected chi connectivity index (χ3v) is 9.84. The van der Waals surface area contributed by atoms with Crippen LogP contribution in [0.1, 0.15) is 40.0 Å². The van der Waals surface area contributed by atoms with Crippen LogP contribution in [0.15, 0.2) is 49.6 Å². The molecule has 2 N–H and O–H groups in total. The number of carbonyl (C=O) groups is 4. The number of amides is 3. The highest BCUT2D eigenvalue weighted by Crippen LogP contribution is 2.61. The summed E-state index contributed by atoms with van der Waals surface area (Å²) in [4.78, 5) is 57.5. The number of halogens is 2. The van der Waals surface area contributed by atoms with Gasteiger partial charge in [-0.25, -0.2) is 0 Å². The van der Waals surface area contributed by atoms with Gasteiger partial charge in [0.15, 0.2) is 0 Å². The number of anilines is 1. The second kappa shape index (κ2) is 14.1. The molecule has 0 saturated carbocycles. The van der Waals surface area contributed by atoms with Gasteiger partial charge in [-0.05, 0) is 49.9 Å². The highest BCUT2D eigenvalue weighted by atomic mass is 79.9. The fraction of sp³-hybridized carbons (Fsp3) is 0.562. The maximum Gasteiger partial charge on any atom is 0.312 e. The summed E-state index contributed by atoms with van der Waals surface area (Å²) >= 11 is 9.78. The Kier molecular flexibility index (Phi) is 11.0. The van der Waals surface area contributed by atoms with Crippen LogP contribution in [0, 0.1) is 17.8 Å². The number of hydrogen-bond acceptors (Lipinski definition) is 7. The van der Waals surface area contributed by atoms with Gasteiger partial charge in [0.25, 0.3) is 5.91 Å². The predicted octanol–water partition coefficient (Wildman–Crippen LogP) is 3.64. The van der Waals surface area contributed by atoms with E-state index in [0.29, 0.717) is 23.6 Å². The van der Waals surface area contributed by atoms with Crippen LogP contribution in [0.3, 0.4) is 0 Å². The van der Waals surface area contributed by atoms with Crippen molar-refractivity contribution >= 4 is 56.9 Å². The highest BCUT2D eigenvalue weighted by Gasteiger charge is 2.77. The van der Waals surface area contributed by atoms with Crippen LogP contribution in [0.2, 0.25) is 5.02 Å². The summed E-state index contributed by atoms with van der Waals surface area (Å²) in [7, 11) is 0. The molecule has 0 aliphatic carbocycles. The lowest BCUT2D eigenvalue weighted by Gasteiger charge is -2.40. The van der Waals surface area contributed by atoms with E-state index < -0.39 is 59.5 Å². The van der Waals surface area contributed by atoms with Gasteiger partial charge in [0, 0.05) is 28.5 Å². The average molecular weight is 695 g/mol. The summed E-state index contributed by atoms with van der Waals surface area (Å²) in [6.07, 6.45) is 2.97. The molecule has 2 bridgehead atoms. The Morgan fingerprint density at radius 3 is 2.52 bits per heavy atom. The lowest BCUT2D eigenvalue weighted by Crippen LogP contribution is -2.60. The monoisotopic (exact) mass is 693 g/mol. The topological polar surface area (TPSA) is 125 Å². The zero-order chi connectivity index (χ0) is 32.3. The van der Waals surface area contributed by atoms with E-state index in [4.69, 9.17) is 21.1 Å². The lowest BCUT2D eigenvalue weighted by atomic mass is 9.70. The van der Waals surface area contributed by atoms with Gasteiger partial charge in [-0.2, -0.15) is 0 Å². The van der Waals surface area contributed by atoms with E-state index in [9.17, 15) is 24.3 Å². The van der Waals surface area contributed by atoms with E-state index in [1.807, 2.05) is 13.8 Å². The number of aliphatic hydroxyl groups excluding tert-OH is 1. The Morgan fingerprint density at radius 1 is 1.25 bits per heavy atom. The number of ether oxygens (including phenoxy) is 2. The number of hydrogen-bond donors (Lipinski definition) is 2. The summed E-state index contributed by atoms with van der Waals surface area (Å²) in [5.41, 5.74) is -0.785. The van der Waals surface area contributed by atoms with Crippen LogP contribution >= 0.6 is 27.5 Å². The molecule has 0 aromatic heterocycles. The van der Waals surface area contributed by atoms with Crippen molar-refractivity contribution in [3.05, 3.63) is 54.6 Å². The van der Waals surface area contributed by atoms with Gasteiger partial charge in [-0.15, -0.1) is 13.2 Å². The molecule has 1 aromatic rings. The predicted molar refractivity (Wildman–Crippen MR) is 170 cm³/mol. The number of rotatable bonds is 14. The smallest absolute Gasteiger partial charge is 0.312 e. The number of esters is 1. The van der Waals surface area contributed by atoms with Crippen molar-refractivity contribution in [3.8, 4) is 0 Å². The summed E-state index contributed by atoms with van der Waals surface area (Å²) < 4.78 is 12.3. The van der Waals surface area contributed by atoms with Crippen molar-refractivity contribution in [2.24, 2.45) is 17.8 Å². The molecule has 1 aromatic carbocycles. The molecule has 3 aliphatic rings. The van der Waals surface area contributed by atoms with E-state index in [1.54, 1.807) is 43.3 Å². The molecule has 240 valence electrons. The first-order valence-electron chi connectivity index (χ1n) is 14.9. The number of nitrogens with one attached hydrogen (secondary N) is 1. The molecule has 1 unspecified atom stereocenters. The minimum Gasteiger partial charge on any atom is -0.460 e. The summed E-state index contributed by atoms with van der Waals surface area (Å²) in [6, 6.07) is 4.94. The van der Waals surface area contributed by atoms with Crippen molar-refractivity contribution in [1.82, 2.24) is 10.2 Å². The Bertz CT molecular complexity index is 1280. The first kappa shape index (κ1) is 34.1. The van der Waals surface area contributed by atoms with Crippen LogP contribution < -0.4 is 10.2 Å². The van der Waals surface area contributed by atoms with Gasteiger partial charge in [0.05, 0.1) is 37.1 Å². The molecule has 3 saturated heterocycles. The van der Waals surface area contributed by atoms with E-state index in [1.165, 1.54) is 9.80 Å². The van der Waals surface area contributed by atoms with Crippen molar-refractivity contribution < 1.29 is 33.8 Å². The van der Waals surface area contributed by atoms with Gasteiger partial charge in [0.1, 0.15) is 17.7 Å². The molecular weight excluding hydrogens is 654 g/mol. The second-order valence-electron chi connectivity index (χ2n) is 12.0. The highest BCUT2D eigenvalue weighted by molar-refractivity contribution is 9.09. The first-order valence-corrected chi connectivity index (χ1v) is 16.2. The molecule has 10 nitrogen and oxygen atoms in total. The van der Waals surface area contributed by atoms with Crippen molar-refractivity contribution in [2.45, 2.75) is 74.8 Å². The minimum absolute atomic E-state index is 0.103. The van der Waals surface area contributed by atoms with E-state index >= 15 is 0 Å². The van der Waals surface area contributed by atoms with Gasteiger partial charge in [-0.3, -0.25) is 19.2 Å². The molecule has 12 heteroatoms. The standard InChI is InChI=1S/C32H41BrClN3O7/c1-6-8-9-24(39)35-16-19(5)43-31(42)25-26-29(40)37(23(17-38)18(3)4)28(32(26)15-22(33)27(25)44-32)30(41)36(14-7-2)21-12-10-20(34)11-13-21/h6-7,10-13,18-19,22-23,25-28,38H,1-2,8-9,14-17H2,3-5H3,(H,35,39)/t19-,22?,23-,25-,26+,27-,28-,32+/m0/s1. The fourth-order valence-electron chi connectivity index (χ4n) is 6.71. The Morgan fingerprint density at radius 2 is 1.93 bits per heavy atom. The van der Waals surface area contributed by atoms with Crippen molar-refractivity contribution in [3.63, 3.8) is 0 Å². The number of allylic oxidation sites excluding steroid dienone is 1. The Balaban J connectivity index is 1.69. The first-order chi connectivity index (χ1) is 20.9. The Labute approximate surface area is 271 Å².